The minimum Gasteiger partial charge on any atom is -0.624 e. The van der Waals surface area contributed by atoms with Crippen molar-refractivity contribution in [2.45, 2.75) is 46.1 Å². The fraction of sp³-hybridized carbons (Fsp3) is 0.414. The van der Waals surface area contributed by atoms with Crippen molar-refractivity contribution in [2.24, 2.45) is 5.92 Å². The summed E-state index contributed by atoms with van der Waals surface area (Å²) in [5.74, 6) is -1.17. The van der Waals surface area contributed by atoms with Crippen LogP contribution in [0.1, 0.15) is 44.7 Å². The molecule has 0 unspecified atom stereocenters. The molecule has 1 aromatic heterocycles. The number of hydrogen-bond acceptors (Lipinski definition) is 5. The largest absolute Gasteiger partial charge is 0.624 e. The van der Waals surface area contributed by atoms with Gasteiger partial charge in [0.2, 0.25) is 5.95 Å². The van der Waals surface area contributed by atoms with Crippen LogP contribution in [0.4, 0.5) is 24.8 Å². The van der Waals surface area contributed by atoms with Crippen LogP contribution in [0, 0.1) is 28.6 Å². The number of rotatable bonds is 8. The third kappa shape index (κ3) is 6.26. The number of benzene rings is 2. The number of aromatic nitrogens is 2. The summed E-state index contributed by atoms with van der Waals surface area (Å²) in [7, 11) is 1.68. The second kappa shape index (κ2) is 11.8. The van der Waals surface area contributed by atoms with E-state index in [1.165, 1.54) is 18.3 Å². The Hall–Kier alpha value is -3.62. The molecule has 2 heterocycles. The average molecular weight is 526 g/mol. The topological polar surface area (TPSA) is 58.3 Å². The van der Waals surface area contributed by atoms with Gasteiger partial charge in [0.15, 0.2) is 12.3 Å². The van der Waals surface area contributed by atoms with E-state index in [9.17, 15) is 9.60 Å². The molecule has 4 rings (SSSR count). The minimum absolute atomic E-state index is 0.0673. The highest BCUT2D eigenvalue weighted by Gasteiger charge is 2.25. The maximum atomic E-state index is 15.1. The molecule has 0 radical (unpaired) electrons. The van der Waals surface area contributed by atoms with Crippen molar-refractivity contribution in [3.05, 3.63) is 76.5 Å². The molecule has 9 heteroatoms. The summed E-state index contributed by atoms with van der Waals surface area (Å²) in [6.07, 6.45) is 7.60. The van der Waals surface area contributed by atoms with E-state index in [2.05, 4.69) is 21.8 Å². The van der Waals surface area contributed by atoms with Crippen LogP contribution < -0.4 is 9.80 Å². The molecule has 0 saturated carbocycles. The summed E-state index contributed by atoms with van der Waals surface area (Å²) in [6.45, 7) is 7.57. The molecule has 1 saturated heterocycles. The molecular formula is C29H34F3N5O. The Morgan fingerprint density at radius 2 is 1.68 bits per heavy atom. The van der Waals surface area contributed by atoms with Crippen molar-refractivity contribution in [3.63, 3.8) is 0 Å². The first-order valence-corrected chi connectivity index (χ1v) is 13.0. The maximum absolute atomic E-state index is 15.1. The fourth-order valence-electron chi connectivity index (χ4n) is 4.72. The Balaban J connectivity index is 1.43. The lowest BCUT2D eigenvalue weighted by molar-refractivity contribution is -0.487. The number of anilines is 2. The van der Waals surface area contributed by atoms with Gasteiger partial charge in [-0.1, -0.05) is 13.0 Å². The first kappa shape index (κ1) is 27.4. The van der Waals surface area contributed by atoms with Crippen molar-refractivity contribution in [2.75, 3.05) is 36.5 Å². The van der Waals surface area contributed by atoms with E-state index in [0.717, 1.165) is 54.8 Å². The van der Waals surface area contributed by atoms with Gasteiger partial charge in [-0.15, -0.1) is 0 Å². The van der Waals surface area contributed by atoms with Gasteiger partial charge in [-0.05, 0) is 74.4 Å². The van der Waals surface area contributed by atoms with Crippen LogP contribution in [0.25, 0.3) is 11.1 Å². The first-order chi connectivity index (χ1) is 18.2. The maximum Gasteiger partial charge on any atom is 0.225 e. The smallest absolute Gasteiger partial charge is 0.225 e. The van der Waals surface area contributed by atoms with Crippen molar-refractivity contribution < 1.29 is 17.9 Å². The van der Waals surface area contributed by atoms with Gasteiger partial charge in [0, 0.05) is 50.2 Å². The lowest BCUT2D eigenvalue weighted by atomic mass is 9.96. The number of nitrogens with zero attached hydrogens (tertiary/aromatic N) is 5. The van der Waals surface area contributed by atoms with Gasteiger partial charge in [0.1, 0.15) is 23.1 Å². The van der Waals surface area contributed by atoms with Crippen molar-refractivity contribution in [3.8, 4) is 11.1 Å². The predicted molar refractivity (Wildman–Crippen MR) is 145 cm³/mol. The summed E-state index contributed by atoms with van der Waals surface area (Å²) >= 11 is 0. The van der Waals surface area contributed by atoms with E-state index in [1.54, 1.807) is 31.9 Å². The van der Waals surface area contributed by atoms with E-state index < -0.39 is 17.5 Å². The monoisotopic (exact) mass is 525 g/mol. The third-order valence-electron chi connectivity index (χ3n) is 7.02. The third-order valence-corrected chi connectivity index (χ3v) is 7.02. The zero-order chi connectivity index (χ0) is 27.4. The zero-order valence-corrected chi connectivity index (χ0v) is 22.3. The van der Waals surface area contributed by atoms with Gasteiger partial charge in [-0.3, -0.25) is 0 Å². The standard InChI is InChI=1S/C29H34F3N5O/c1-5-20-15-33-29(34-16-20)36-10-8-21(9-11-36)17-35(4)28-26(31)13-23(14-27(28)32)24-7-6-22(12-25(24)30)18-37(38)19(2)3/h6-7,12-16,18-19,21H,5,8-11,17H2,1-4H3/b37-18-. The van der Waals surface area contributed by atoms with Gasteiger partial charge in [0.25, 0.3) is 0 Å². The van der Waals surface area contributed by atoms with E-state index >= 15 is 8.78 Å². The average Bonchev–Trinajstić information content (AvgIpc) is 2.88. The SMILES string of the molecule is CCc1cnc(N2CCC(CN(C)c3c(F)cc(-c4ccc(/C=[N+](\[O-])C(C)C)cc4F)cc3F)CC2)nc1. The highest BCUT2D eigenvalue weighted by atomic mass is 19.1. The predicted octanol–water partition coefficient (Wildman–Crippen LogP) is 5.81. The van der Waals surface area contributed by atoms with Crippen LogP contribution >= 0.6 is 0 Å². The second-order valence-electron chi connectivity index (χ2n) is 10.2. The van der Waals surface area contributed by atoms with Crippen LogP contribution in [0.2, 0.25) is 0 Å². The summed E-state index contributed by atoms with van der Waals surface area (Å²) < 4.78 is 45.8. The Morgan fingerprint density at radius 3 is 2.24 bits per heavy atom. The summed E-state index contributed by atoms with van der Waals surface area (Å²) in [5, 5.41) is 11.8. The van der Waals surface area contributed by atoms with Gasteiger partial charge in [0.05, 0.1) is 0 Å². The van der Waals surface area contributed by atoms with Crippen LogP contribution in [-0.4, -0.2) is 53.6 Å². The molecule has 0 amide bonds. The number of halogens is 3. The molecule has 0 N–H and O–H groups in total. The summed E-state index contributed by atoms with van der Waals surface area (Å²) in [4.78, 5) is 12.6. The van der Waals surface area contributed by atoms with E-state index in [-0.39, 0.29) is 28.8 Å². The fourth-order valence-corrected chi connectivity index (χ4v) is 4.72. The highest BCUT2D eigenvalue weighted by molar-refractivity contribution is 5.78. The van der Waals surface area contributed by atoms with Gasteiger partial charge in [-0.2, -0.15) is 0 Å². The molecule has 0 bridgehead atoms. The highest BCUT2D eigenvalue weighted by Crippen LogP contribution is 2.32. The van der Waals surface area contributed by atoms with E-state index in [1.807, 2.05) is 12.4 Å². The number of hydrogen-bond donors (Lipinski definition) is 0. The molecule has 6 nitrogen and oxygen atoms in total. The Labute approximate surface area is 222 Å². The quantitative estimate of drug-likeness (QED) is 0.161. The molecule has 2 aromatic carbocycles. The molecule has 1 fully saturated rings. The molecule has 3 aromatic rings. The molecule has 0 spiro atoms. The number of aryl methyl sites for hydroxylation is 1. The normalized spacial score (nSPS) is 14.8. The number of piperidine rings is 1. The van der Waals surface area contributed by atoms with Crippen molar-refractivity contribution in [1.82, 2.24) is 9.97 Å². The van der Waals surface area contributed by atoms with Gasteiger partial charge >= 0.3 is 0 Å². The molecule has 0 atom stereocenters. The minimum atomic E-state index is -0.745. The van der Waals surface area contributed by atoms with Crippen LogP contribution in [-0.2, 0) is 6.42 Å². The molecular weight excluding hydrogens is 491 g/mol. The molecule has 1 aliphatic rings. The summed E-state index contributed by atoms with van der Waals surface area (Å²) in [6, 6.07) is 6.20. The Bertz CT molecular complexity index is 1260. The lowest BCUT2D eigenvalue weighted by Gasteiger charge is -2.34. The molecule has 38 heavy (non-hydrogen) atoms. The Kier molecular flexibility index (Phi) is 8.54. The van der Waals surface area contributed by atoms with Crippen molar-refractivity contribution >= 4 is 17.9 Å². The van der Waals surface area contributed by atoms with Gasteiger partial charge < -0.3 is 15.0 Å². The molecule has 0 aliphatic carbocycles. The molecule has 202 valence electrons. The zero-order valence-electron chi connectivity index (χ0n) is 22.3. The van der Waals surface area contributed by atoms with Crippen molar-refractivity contribution in [1.29, 1.82) is 0 Å². The van der Waals surface area contributed by atoms with Gasteiger partial charge in [-0.25, -0.2) is 27.9 Å². The molecule has 1 aliphatic heterocycles. The van der Waals surface area contributed by atoms with E-state index in [4.69, 9.17) is 0 Å². The Morgan fingerprint density at radius 1 is 1.05 bits per heavy atom. The van der Waals surface area contributed by atoms with Crippen LogP contribution in [0.15, 0.2) is 42.7 Å². The first-order valence-electron chi connectivity index (χ1n) is 13.0. The lowest BCUT2D eigenvalue weighted by Crippen LogP contribution is -2.39. The second-order valence-corrected chi connectivity index (χ2v) is 10.2. The number of hydroxylamine groups is 1. The van der Waals surface area contributed by atoms with E-state index in [0.29, 0.717) is 18.1 Å². The van der Waals surface area contributed by atoms with Crippen LogP contribution in [0.3, 0.4) is 0 Å². The summed E-state index contributed by atoms with van der Waals surface area (Å²) in [5.41, 5.74) is 1.52. The van der Waals surface area contributed by atoms with Crippen LogP contribution in [0.5, 0.6) is 0 Å².